The molecule has 5 aliphatic rings. The Morgan fingerprint density at radius 3 is 2.21 bits per heavy atom. The Hall–Kier alpha value is -2.42. The molecule has 0 aromatic heterocycles. The monoisotopic (exact) mass is 555 g/mol. The van der Waals surface area contributed by atoms with Gasteiger partial charge in [-0.05, 0) is 111 Å². The number of halogens is 1. The van der Waals surface area contributed by atoms with Crippen LogP contribution >= 0.6 is 11.6 Å². The molecule has 0 spiro atoms. The standard InChI is InChI=1S/C29H34ClN3O4S/c1-17-11-23(7-8-24(17)19-3-5-22(30)6-4-19)38(36,37)33(2)29(9-10-29)27(35)32-25-20-12-18-13-21(25)16-28(14-18,15-20)26(31)34/h3-8,11,18,20-21,25H,9-10,12-16H2,1-2H3,(H2,31,34)(H,32,35). The molecule has 7 rings (SSSR count). The summed E-state index contributed by atoms with van der Waals surface area (Å²) in [5, 5.41) is 3.90. The number of amides is 2. The highest BCUT2D eigenvalue weighted by Gasteiger charge is 2.61. The largest absolute Gasteiger partial charge is 0.369 e. The van der Waals surface area contributed by atoms with E-state index >= 15 is 0 Å². The molecule has 9 heteroatoms. The second-order valence-corrected chi connectivity index (χ2v) is 14.5. The zero-order chi connectivity index (χ0) is 27.0. The van der Waals surface area contributed by atoms with Gasteiger partial charge in [-0.2, -0.15) is 4.31 Å². The van der Waals surface area contributed by atoms with E-state index in [1.165, 1.54) is 11.4 Å². The molecule has 38 heavy (non-hydrogen) atoms. The second-order valence-electron chi connectivity index (χ2n) is 12.1. The van der Waals surface area contributed by atoms with Crippen molar-refractivity contribution in [3.8, 4) is 11.1 Å². The van der Waals surface area contributed by atoms with Crippen LogP contribution < -0.4 is 11.1 Å². The lowest BCUT2D eigenvalue weighted by Gasteiger charge is -2.59. The van der Waals surface area contributed by atoms with E-state index < -0.39 is 21.0 Å². The molecular weight excluding hydrogens is 522 g/mol. The Morgan fingerprint density at radius 2 is 1.66 bits per heavy atom. The average Bonchev–Trinajstić information content (AvgIpc) is 3.68. The number of aryl methyl sites for hydroxylation is 1. The van der Waals surface area contributed by atoms with Crippen LogP contribution in [0.5, 0.6) is 0 Å². The van der Waals surface area contributed by atoms with Gasteiger partial charge in [-0.1, -0.05) is 29.8 Å². The van der Waals surface area contributed by atoms with Crippen molar-refractivity contribution in [3.63, 3.8) is 0 Å². The van der Waals surface area contributed by atoms with Crippen molar-refractivity contribution in [1.82, 2.24) is 9.62 Å². The van der Waals surface area contributed by atoms with Gasteiger partial charge in [-0.25, -0.2) is 8.42 Å². The Balaban J connectivity index is 1.20. The van der Waals surface area contributed by atoms with Gasteiger partial charge in [0.1, 0.15) is 5.54 Å². The van der Waals surface area contributed by atoms with Crippen molar-refractivity contribution in [3.05, 3.63) is 53.1 Å². The van der Waals surface area contributed by atoms with Crippen LogP contribution in [-0.4, -0.2) is 43.2 Å². The molecule has 5 saturated carbocycles. The summed E-state index contributed by atoms with van der Waals surface area (Å²) in [6.07, 6.45) is 5.30. The van der Waals surface area contributed by atoms with Gasteiger partial charge in [-0.3, -0.25) is 9.59 Å². The molecule has 0 aliphatic heterocycles. The summed E-state index contributed by atoms with van der Waals surface area (Å²) in [7, 11) is -2.38. The van der Waals surface area contributed by atoms with Crippen LogP contribution in [-0.2, 0) is 19.6 Å². The lowest BCUT2D eigenvalue weighted by atomic mass is 9.47. The highest BCUT2D eigenvalue weighted by molar-refractivity contribution is 7.89. The minimum atomic E-state index is -3.90. The zero-order valence-electron chi connectivity index (χ0n) is 21.7. The third kappa shape index (κ3) is 3.98. The zero-order valence-corrected chi connectivity index (χ0v) is 23.3. The number of nitrogens with two attached hydrogens (primary N) is 1. The van der Waals surface area contributed by atoms with Crippen LogP contribution in [0.2, 0.25) is 5.02 Å². The van der Waals surface area contributed by atoms with Gasteiger partial charge < -0.3 is 11.1 Å². The van der Waals surface area contributed by atoms with Crippen LogP contribution in [0.3, 0.4) is 0 Å². The summed E-state index contributed by atoms with van der Waals surface area (Å²) in [5.74, 6) is 0.509. The SMILES string of the molecule is Cc1cc(S(=O)(=O)N(C)C2(C(=O)NC3C4CC5CC3CC(C(N)=O)(C5)C4)CC2)ccc1-c1ccc(Cl)cc1. The van der Waals surface area contributed by atoms with Crippen molar-refractivity contribution in [2.45, 2.75) is 68.3 Å². The highest BCUT2D eigenvalue weighted by Crippen LogP contribution is 2.60. The smallest absolute Gasteiger partial charge is 0.243 e. The molecule has 4 bridgehead atoms. The fraction of sp³-hybridized carbons (Fsp3) is 0.517. The first-order valence-electron chi connectivity index (χ1n) is 13.4. The molecule has 5 fully saturated rings. The number of nitrogens with zero attached hydrogens (tertiary/aromatic N) is 1. The number of hydrogen-bond donors (Lipinski definition) is 2. The molecule has 3 N–H and O–H groups in total. The molecule has 2 aromatic rings. The average molecular weight is 556 g/mol. The lowest BCUT2D eigenvalue weighted by Crippen LogP contribution is -2.64. The molecule has 0 heterocycles. The van der Waals surface area contributed by atoms with Gasteiger partial charge in [0.05, 0.1) is 4.90 Å². The number of rotatable bonds is 7. The maximum atomic E-state index is 13.7. The van der Waals surface area contributed by atoms with Gasteiger partial charge in [0.25, 0.3) is 0 Å². The molecule has 7 nitrogen and oxygen atoms in total. The minimum absolute atomic E-state index is 0.0268. The first kappa shape index (κ1) is 25.8. The number of benzene rings is 2. The van der Waals surface area contributed by atoms with E-state index in [0.717, 1.165) is 48.8 Å². The van der Waals surface area contributed by atoms with Crippen molar-refractivity contribution >= 4 is 33.4 Å². The van der Waals surface area contributed by atoms with E-state index in [-0.39, 0.29) is 34.6 Å². The number of primary amides is 1. The number of nitrogens with one attached hydrogen (secondary N) is 1. The fourth-order valence-electron chi connectivity index (χ4n) is 7.79. The fourth-order valence-corrected chi connectivity index (χ4v) is 9.52. The first-order valence-corrected chi connectivity index (χ1v) is 15.2. The minimum Gasteiger partial charge on any atom is -0.369 e. The Kier molecular flexibility index (Phi) is 5.98. The molecular formula is C29H34ClN3O4S. The van der Waals surface area contributed by atoms with Gasteiger partial charge in [0.15, 0.2) is 0 Å². The van der Waals surface area contributed by atoms with E-state index in [4.69, 9.17) is 17.3 Å². The summed E-state index contributed by atoms with van der Waals surface area (Å²) in [4.78, 5) is 26.1. The van der Waals surface area contributed by atoms with E-state index in [9.17, 15) is 18.0 Å². The Morgan fingerprint density at radius 1 is 1.03 bits per heavy atom. The molecule has 2 unspecified atom stereocenters. The predicted octanol–water partition coefficient (Wildman–Crippen LogP) is 4.26. The summed E-state index contributed by atoms with van der Waals surface area (Å²) in [5.41, 5.74) is 7.03. The molecule has 202 valence electrons. The van der Waals surface area contributed by atoms with Gasteiger partial charge in [0, 0.05) is 23.5 Å². The third-order valence-corrected chi connectivity index (χ3v) is 12.0. The van der Waals surface area contributed by atoms with E-state index in [1.54, 1.807) is 12.1 Å². The van der Waals surface area contributed by atoms with E-state index in [1.807, 2.05) is 37.3 Å². The maximum Gasteiger partial charge on any atom is 0.243 e. The van der Waals surface area contributed by atoms with Crippen molar-refractivity contribution in [1.29, 1.82) is 0 Å². The number of hydrogen-bond acceptors (Lipinski definition) is 4. The quantitative estimate of drug-likeness (QED) is 0.532. The molecule has 2 atom stereocenters. The summed E-state index contributed by atoms with van der Waals surface area (Å²) in [6, 6.07) is 12.5. The Labute approximate surface area is 229 Å². The molecule has 2 amide bonds. The molecule has 0 radical (unpaired) electrons. The number of sulfonamides is 1. The third-order valence-electron chi connectivity index (χ3n) is 9.85. The van der Waals surface area contributed by atoms with Gasteiger partial charge >= 0.3 is 0 Å². The molecule has 0 saturated heterocycles. The predicted molar refractivity (Wildman–Crippen MR) is 146 cm³/mol. The van der Waals surface area contributed by atoms with Crippen LogP contribution in [0.4, 0.5) is 0 Å². The highest BCUT2D eigenvalue weighted by atomic mass is 35.5. The molecule has 5 aliphatic carbocycles. The lowest BCUT2D eigenvalue weighted by molar-refractivity contribution is -0.148. The first-order chi connectivity index (χ1) is 17.9. The van der Waals surface area contributed by atoms with Crippen molar-refractivity contribution in [2.75, 3.05) is 7.05 Å². The topological polar surface area (TPSA) is 110 Å². The number of likely N-dealkylation sites (N-methyl/N-ethyl adjacent to an activating group) is 1. The van der Waals surface area contributed by atoms with Crippen molar-refractivity contribution < 1.29 is 18.0 Å². The summed E-state index contributed by atoms with van der Waals surface area (Å²) < 4.78 is 28.7. The second kappa shape index (κ2) is 8.80. The summed E-state index contributed by atoms with van der Waals surface area (Å²) in [6.45, 7) is 1.88. The normalized spacial score (nSPS) is 30.8. The van der Waals surface area contributed by atoms with Crippen LogP contribution in [0.1, 0.15) is 50.5 Å². The van der Waals surface area contributed by atoms with Crippen LogP contribution in [0.25, 0.3) is 11.1 Å². The molecule has 2 aromatic carbocycles. The summed E-state index contributed by atoms with van der Waals surface area (Å²) >= 11 is 6.01. The van der Waals surface area contributed by atoms with E-state index in [0.29, 0.717) is 23.8 Å². The van der Waals surface area contributed by atoms with Crippen molar-refractivity contribution in [2.24, 2.45) is 28.9 Å². The Bertz CT molecular complexity index is 1400. The maximum absolute atomic E-state index is 13.7. The van der Waals surface area contributed by atoms with Gasteiger partial charge in [0.2, 0.25) is 21.8 Å². The number of carbonyl (C=O) groups is 2. The van der Waals surface area contributed by atoms with Crippen LogP contribution in [0, 0.1) is 30.1 Å². The number of carbonyl (C=O) groups excluding carboxylic acids is 2. The van der Waals surface area contributed by atoms with E-state index in [2.05, 4.69) is 5.32 Å². The van der Waals surface area contributed by atoms with Crippen LogP contribution in [0.15, 0.2) is 47.4 Å². The van der Waals surface area contributed by atoms with Gasteiger partial charge in [-0.15, -0.1) is 0 Å².